The van der Waals surface area contributed by atoms with Gasteiger partial charge in [-0.3, -0.25) is 14.8 Å². The average Bonchev–Trinajstić information content (AvgIpc) is 2.19. The average molecular weight is 234 g/mol. The van der Waals surface area contributed by atoms with Crippen molar-refractivity contribution in [3.8, 4) is 0 Å². The van der Waals surface area contributed by atoms with Gasteiger partial charge >= 0.3 is 0 Å². The minimum absolute atomic E-state index is 0.148. The molecular weight excluding hydrogens is 229 g/mol. The van der Waals surface area contributed by atoms with Gasteiger partial charge in [0.15, 0.2) is 0 Å². The van der Waals surface area contributed by atoms with E-state index in [2.05, 4.69) is 21.4 Å². The van der Waals surface area contributed by atoms with Crippen LogP contribution in [0, 0.1) is 0 Å². The predicted molar refractivity (Wildman–Crippen MR) is 42.7 cm³/mol. The molecule has 2 amide bonds. The van der Waals surface area contributed by atoms with Gasteiger partial charge in [0.1, 0.15) is 0 Å². The summed E-state index contributed by atoms with van der Waals surface area (Å²) in [6.07, 6.45) is 0.296. The smallest absolute Gasteiger partial charge is 0.253 e. The molecule has 0 atom stereocenters. The molecule has 1 fully saturated rings. The monoisotopic (exact) mass is 233 g/mol. The van der Waals surface area contributed by atoms with Crippen LogP contribution >= 0.6 is 21.4 Å². The maximum atomic E-state index is 10.2. The van der Waals surface area contributed by atoms with Crippen LogP contribution in [0.25, 0.3) is 0 Å². The third-order valence-electron chi connectivity index (χ3n) is 1.03. The molecule has 0 aromatic rings. The van der Waals surface area contributed by atoms with E-state index >= 15 is 0 Å². The van der Waals surface area contributed by atoms with Gasteiger partial charge in [0.25, 0.3) is 11.8 Å². The van der Waals surface area contributed by atoms with E-state index in [9.17, 15) is 9.59 Å². The van der Waals surface area contributed by atoms with Gasteiger partial charge in [0.05, 0.1) is 0 Å². The second kappa shape index (κ2) is 5.47. The van der Waals surface area contributed by atoms with Crippen molar-refractivity contribution >= 4 is 42.4 Å². The standard InChI is InChI=1S/C4H5NO3.Cl2OS/c6-3-1-2-4(7)5(3)8;1-4(2)3/h8H,1-2H2;. The number of halogens is 2. The fourth-order valence-corrected chi connectivity index (χ4v) is 0.565. The maximum Gasteiger partial charge on any atom is 0.253 e. The van der Waals surface area contributed by atoms with Crippen molar-refractivity contribution in [2.24, 2.45) is 0 Å². The van der Waals surface area contributed by atoms with E-state index in [0.29, 0.717) is 0 Å². The Hall–Kier alpha value is -0.170. The number of hydrogen-bond acceptors (Lipinski definition) is 4. The highest BCUT2D eigenvalue weighted by Gasteiger charge is 2.26. The van der Waals surface area contributed by atoms with Crippen LogP contribution in [0.15, 0.2) is 0 Å². The lowest BCUT2D eigenvalue weighted by molar-refractivity contribution is -0.171. The summed E-state index contributed by atoms with van der Waals surface area (Å²) in [4.78, 5) is 20.5. The number of nitrogens with zero attached hydrogens (tertiary/aromatic N) is 1. The molecule has 70 valence electrons. The van der Waals surface area contributed by atoms with Gasteiger partial charge in [0.2, 0.25) is 9.23 Å². The zero-order valence-corrected chi connectivity index (χ0v) is 8.03. The second-order valence-electron chi connectivity index (χ2n) is 1.78. The Balaban J connectivity index is 0.000000261. The molecule has 0 unspecified atom stereocenters. The molecule has 1 N–H and O–H groups in total. The van der Waals surface area contributed by atoms with Crippen LogP contribution in [0.1, 0.15) is 12.8 Å². The Morgan fingerprint density at radius 1 is 1.25 bits per heavy atom. The minimum atomic E-state index is -1.67. The molecule has 1 aliphatic rings. The summed E-state index contributed by atoms with van der Waals surface area (Å²) in [6.45, 7) is 0. The van der Waals surface area contributed by atoms with E-state index in [1.54, 1.807) is 0 Å². The number of hydrogen-bond donors (Lipinski definition) is 1. The maximum absolute atomic E-state index is 10.2. The largest absolute Gasteiger partial charge is 0.279 e. The SMILES string of the molecule is O=C1CCC(=O)N1O.O=S(Cl)Cl. The van der Waals surface area contributed by atoms with Crippen molar-refractivity contribution in [2.75, 3.05) is 0 Å². The second-order valence-corrected chi connectivity index (χ2v) is 4.31. The highest BCUT2D eigenvalue weighted by molar-refractivity contribution is 8.26. The third kappa shape index (κ3) is 4.66. The first kappa shape index (κ1) is 11.8. The molecule has 0 aliphatic carbocycles. The molecule has 1 saturated heterocycles. The Morgan fingerprint density at radius 2 is 1.50 bits per heavy atom. The third-order valence-corrected chi connectivity index (χ3v) is 1.03. The van der Waals surface area contributed by atoms with Crippen molar-refractivity contribution in [1.29, 1.82) is 0 Å². The molecule has 0 spiro atoms. The van der Waals surface area contributed by atoms with Gasteiger partial charge in [-0.25, -0.2) is 4.21 Å². The molecule has 0 radical (unpaired) electrons. The summed E-state index contributed by atoms with van der Waals surface area (Å²) in [5.74, 6) is -1.01. The lowest BCUT2D eigenvalue weighted by Gasteiger charge is -1.98. The van der Waals surface area contributed by atoms with Crippen molar-refractivity contribution < 1.29 is 19.0 Å². The highest BCUT2D eigenvalue weighted by atomic mass is 36.0. The minimum Gasteiger partial charge on any atom is -0.279 e. The van der Waals surface area contributed by atoms with Crippen molar-refractivity contribution in [2.45, 2.75) is 12.8 Å². The van der Waals surface area contributed by atoms with E-state index in [1.165, 1.54) is 0 Å². The van der Waals surface area contributed by atoms with E-state index < -0.39 is 21.0 Å². The first-order chi connectivity index (χ1) is 5.45. The van der Waals surface area contributed by atoms with E-state index in [1.807, 2.05) is 0 Å². The van der Waals surface area contributed by atoms with Crippen LogP contribution in [0.2, 0.25) is 0 Å². The lowest BCUT2D eigenvalue weighted by atomic mass is 10.4. The van der Waals surface area contributed by atoms with Crippen molar-refractivity contribution in [3.05, 3.63) is 0 Å². The molecule has 1 aliphatic heterocycles. The van der Waals surface area contributed by atoms with Gasteiger partial charge in [-0.1, -0.05) is 0 Å². The van der Waals surface area contributed by atoms with Crippen LogP contribution < -0.4 is 0 Å². The van der Waals surface area contributed by atoms with Crippen LogP contribution in [0.4, 0.5) is 0 Å². The van der Waals surface area contributed by atoms with Gasteiger partial charge in [-0.2, -0.15) is 5.06 Å². The first-order valence-corrected chi connectivity index (χ1v) is 5.54. The summed E-state index contributed by atoms with van der Waals surface area (Å²) >= 11 is 0. The Labute approximate surface area is 79.7 Å². The molecule has 0 aromatic carbocycles. The molecule has 0 saturated carbocycles. The van der Waals surface area contributed by atoms with Crippen LogP contribution in [-0.2, 0) is 18.8 Å². The first-order valence-electron chi connectivity index (χ1n) is 2.74. The molecule has 8 heteroatoms. The quantitative estimate of drug-likeness (QED) is 0.377. The topological polar surface area (TPSA) is 74.7 Å². The van der Waals surface area contributed by atoms with Crippen molar-refractivity contribution in [3.63, 3.8) is 0 Å². The summed E-state index contributed by atoms with van der Waals surface area (Å²) in [7, 11) is 7.36. The number of carbonyl (C=O) groups excluding carboxylic acids is 2. The molecule has 5 nitrogen and oxygen atoms in total. The zero-order valence-electron chi connectivity index (χ0n) is 5.70. The summed E-state index contributed by atoms with van der Waals surface area (Å²) in [5.41, 5.74) is 0. The molecular formula is C4H5Cl2NO4S. The number of hydroxylamine groups is 2. The van der Waals surface area contributed by atoms with E-state index in [4.69, 9.17) is 9.42 Å². The molecule has 12 heavy (non-hydrogen) atoms. The zero-order chi connectivity index (χ0) is 9.72. The predicted octanol–water partition coefficient (Wildman–Crippen LogP) is 0.567. The summed E-state index contributed by atoms with van der Waals surface area (Å²) < 4.78 is 9.09. The van der Waals surface area contributed by atoms with Crippen LogP contribution in [-0.4, -0.2) is 26.3 Å². The van der Waals surface area contributed by atoms with Crippen molar-refractivity contribution in [1.82, 2.24) is 5.06 Å². The summed E-state index contributed by atoms with van der Waals surface area (Å²) in [6, 6.07) is 0. The number of carbonyl (C=O) groups is 2. The molecule has 0 bridgehead atoms. The number of rotatable bonds is 0. The fraction of sp³-hybridized carbons (Fsp3) is 0.500. The Kier molecular flexibility index (Phi) is 5.39. The van der Waals surface area contributed by atoms with Gasteiger partial charge in [-0.15, -0.1) is 0 Å². The Morgan fingerprint density at radius 3 is 1.58 bits per heavy atom. The van der Waals surface area contributed by atoms with E-state index in [-0.39, 0.29) is 17.9 Å². The number of amides is 2. The number of imide groups is 1. The van der Waals surface area contributed by atoms with Gasteiger partial charge in [-0.05, 0) is 0 Å². The Bertz CT molecular complexity index is 201. The molecule has 0 aromatic heterocycles. The highest BCUT2D eigenvalue weighted by Crippen LogP contribution is 2.06. The van der Waals surface area contributed by atoms with Gasteiger partial charge < -0.3 is 0 Å². The van der Waals surface area contributed by atoms with Crippen LogP contribution in [0.5, 0.6) is 0 Å². The molecule has 1 rings (SSSR count). The summed E-state index contributed by atoms with van der Waals surface area (Å²) in [5, 5.41) is 8.57. The van der Waals surface area contributed by atoms with Gasteiger partial charge in [0, 0.05) is 34.2 Å². The normalized spacial score (nSPS) is 16.5. The lowest BCUT2D eigenvalue weighted by Crippen LogP contribution is -2.24. The van der Waals surface area contributed by atoms with Crippen LogP contribution in [0.3, 0.4) is 0 Å². The molecule has 1 heterocycles. The van der Waals surface area contributed by atoms with E-state index in [0.717, 1.165) is 0 Å². The fourth-order valence-electron chi connectivity index (χ4n) is 0.565.